The highest BCUT2D eigenvalue weighted by Crippen LogP contribution is 2.32. The number of halogens is 1. The molecular formula is C30H29FN6S. The summed E-state index contributed by atoms with van der Waals surface area (Å²) in [5.74, 6) is 8.37. The number of nitrogens with one attached hydrogen (secondary N) is 3. The van der Waals surface area contributed by atoms with Gasteiger partial charge in [0.1, 0.15) is 11.5 Å². The number of aromatic nitrogens is 5. The summed E-state index contributed by atoms with van der Waals surface area (Å²) in [5.41, 5.74) is 7.26. The topological polar surface area (TPSA) is 82.3 Å². The number of hydrogen-bond donors (Lipinski definition) is 3. The van der Waals surface area contributed by atoms with Crippen LogP contribution in [-0.4, -0.2) is 43.1 Å². The number of rotatable bonds is 8. The summed E-state index contributed by atoms with van der Waals surface area (Å²) in [6.45, 7) is 6.28. The maximum atomic E-state index is 14.7. The third-order valence-electron chi connectivity index (χ3n) is 6.07. The normalized spacial score (nSPS) is 12.2. The van der Waals surface area contributed by atoms with Crippen LogP contribution in [0.5, 0.6) is 0 Å². The summed E-state index contributed by atoms with van der Waals surface area (Å²) >= 11 is 0. The standard InChI is InChI=1S/C30H29FN6S/c1-6-9-24(22-14-20(15-23(31)16-22)18-33-38(3,4)5)28-19(2)34-30(35-28)29-25-17-21(11-12-27(25)36-37-29)26-10-7-8-13-32-26/h6-17,33H,1,3-4,18H2,2,5H3,(H,34,35)(H,36,37)/b24-9-. The number of allylic oxidation sites excluding steroid dienone is 2. The molecule has 0 radical (unpaired) electrons. The first-order valence-electron chi connectivity index (χ1n) is 12.0. The molecule has 0 amide bonds. The molecule has 0 saturated carbocycles. The summed E-state index contributed by atoms with van der Waals surface area (Å²) < 4.78 is 18.0. The fourth-order valence-corrected chi connectivity index (χ4v) is 4.83. The number of nitrogens with zero attached hydrogens (tertiary/aromatic N) is 3. The van der Waals surface area contributed by atoms with Crippen molar-refractivity contribution >= 4 is 37.6 Å². The minimum atomic E-state index is -1.43. The molecule has 3 heterocycles. The first kappa shape index (κ1) is 25.4. The van der Waals surface area contributed by atoms with E-state index in [4.69, 9.17) is 4.98 Å². The zero-order chi connectivity index (χ0) is 26.9. The first-order chi connectivity index (χ1) is 18.2. The summed E-state index contributed by atoms with van der Waals surface area (Å²) in [7, 11) is -1.43. The Bertz CT molecular complexity index is 1780. The molecule has 0 spiro atoms. The van der Waals surface area contributed by atoms with Gasteiger partial charge in [-0.2, -0.15) is 14.5 Å². The molecule has 0 aliphatic heterocycles. The number of imidazole rings is 1. The monoisotopic (exact) mass is 524 g/mol. The lowest BCUT2D eigenvalue weighted by molar-refractivity contribution is 0.624. The van der Waals surface area contributed by atoms with E-state index < -0.39 is 9.39 Å². The van der Waals surface area contributed by atoms with Crippen LogP contribution in [0, 0.1) is 12.7 Å². The number of aromatic amines is 2. The van der Waals surface area contributed by atoms with Crippen LogP contribution >= 0.6 is 9.39 Å². The molecule has 0 aliphatic carbocycles. The van der Waals surface area contributed by atoms with Gasteiger partial charge in [-0.05, 0) is 66.8 Å². The van der Waals surface area contributed by atoms with Crippen LogP contribution in [-0.2, 0) is 6.54 Å². The van der Waals surface area contributed by atoms with E-state index in [1.54, 1.807) is 12.3 Å². The predicted octanol–water partition coefficient (Wildman–Crippen LogP) is 6.38. The Morgan fingerprint density at radius 2 is 1.97 bits per heavy atom. The van der Waals surface area contributed by atoms with E-state index in [-0.39, 0.29) is 5.82 Å². The van der Waals surface area contributed by atoms with Crippen LogP contribution in [0.2, 0.25) is 0 Å². The van der Waals surface area contributed by atoms with Crippen molar-refractivity contribution in [1.29, 1.82) is 0 Å². The highest BCUT2D eigenvalue weighted by atomic mass is 32.2. The predicted molar refractivity (Wildman–Crippen MR) is 160 cm³/mol. The molecule has 8 heteroatoms. The molecule has 2 aromatic carbocycles. The summed E-state index contributed by atoms with van der Waals surface area (Å²) in [6.07, 6.45) is 7.25. The average Bonchev–Trinajstić information content (AvgIpc) is 3.48. The van der Waals surface area contributed by atoms with Gasteiger partial charge in [-0.25, -0.2) is 9.37 Å². The Labute approximate surface area is 222 Å². The third kappa shape index (κ3) is 5.37. The number of pyridine rings is 1. The minimum absolute atomic E-state index is 0.326. The van der Waals surface area contributed by atoms with Crippen molar-refractivity contribution in [3.8, 4) is 22.8 Å². The van der Waals surface area contributed by atoms with Crippen LogP contribution in [0.3, 0.4) is 0 Å². The number of hydrogen-bond acceptors (Lipinski definition) is 4. The Morgan fingerprint density at radius 3 is 2.71 bits per heavy atom. The van der Waals surface area contributed by atoms with Gasteiger partial charge >= 0.3 is 0 Å². The van der Waals surface area contributed by atoms with Crippen molar-refractivity contribution < 1.29 is 4.39 Å². The zero-order valence-corrected chi connectivity index (χ0v) is 22.2. The lowest BCUT2D eigenvalue weighted by Gasteiger charge is -2.13. The Morgan fingerprint density at radius 1 is 1.13 bits per heavy atom. The van der Waals surface area contributed by atoms with E-state index in [1.807, 2.05) is 55.7 Å². The van der Waals surface area contributed by atoms with E-state index in [0.717, 1.165) is 39.0 Å². The molecule has 0 atom stereocenters. The van der Waals surface area contributed by atoms with Crippen LogP contribution in [0.1, 0.15) is 22.5 Å². The Balaban J connectivity index is 1.56. The van der Waals surface area contributed by atoms with Crippen LogP contribution in [0.25, 0.3) is 39.3 Å². The van der Waals surface area contributed by atoms with Crippen molar-refractivity contribution in [2.75, 3.05) is 6.26 Å². The van der Waals surface area contributed by atoms with E-state index in [2.05, 4.69) is 49.3 Å². The molecule has 0 fully saturated rings. The summed E-state index contributed by atoms with van der Waals surface area (Å²) in [5, 5.41) is 8.57. The number of aryl methyl sites for hydroxylation is 1. The quantitative estimate of drug-likeness (QED) is 0.162. The summed E-state index contributed by atoms with van der Waals surface area (Å²) in [6, 6.07) is 16.9. The molecule has 3 N–H and O–H groups in total. The van der Waals surface area contributed by atoms with Gasteiger partial charge in [-0.3, -0.25) is 14.8 Å². The van der Waals surface area contributed by atoms with E-state index in [1.165, 1.54) is 12.1 Å². The maximum Gasteiger partial charge on any atom is 0.159 e. The fraction of sp³-hybridized carbons (Fsp3) is 0.100. The van der Waals surface area contributed by atoms with E-state index >= 15 is 0 Å². The SMILES string of the molecule is C=C/C=C(/c1cc(F)cc(CNS(=C)(=C)C)c1)c1nc(-c2n[nH]c3ccc(-c4ccccn4)cc23)[nH]c1C. The minimum Gasteiger partial charge on any atom is -0.340 e. The summed E-state index contributed by atoms with van der Waals surface area (Å²) in [4.78, 5) is 12.8. The second-order valence-electron chi connectivity index (χ2n) is 9.37. The van der Waals surface area contributed by atoms with Gasteiger partial charge < -0.3 is 4.98 Å². The van der Waals surface area contributed by atoms with Crippen LogP contribution in [0.15, 0.2) is 79.5 Å². The van der Waals surface area contributed by atoms with Gasteiger partial charge in [0.15, 0.2) is 5.82 Å². The number of H-pyrrole nitrogens is 2. The number of benzene rings is 2. The highest BCUT2D eigenvalue weighted by Gasteiger charge is 2.19. The van der Waals surface area contributed by atoms with Gasteiger partial charge in [-0.15, -0.1) is 0 Å². The molecule has 0 unspecified atom stereocenters. The zero-order valence-electron chi connectivity index (χ0n) is 21.4. The lowest BCUT2D eigenvalue weighted by atomic mass is 9.98. The first-order valence-corrected chi connectivity index (χ1v) is 14.4. The van der Waals surface area contributed by atoms with Gasteiger partial charge in [-0.1, -0.05) is 42.6 Å². The molecule has 5 rings (SSSR count). The Hall–Kier alpha value is -4.27. The Kier molecular flexibility index (Phi) is 6.84. The van der Waals surface area contributed by atoms with Crippen molar-refractivity contribution in [1.82, 2.24) is 29.9 Å². The van der Waals surface area contributed by atoms with Gasteiger partial charge in [0.2, 0.25) is 0 Å². The second-order valence-corrected chi connectivity index (χ2v) is 12.2. The highest BCUT2D eigenvalue weighted by molar-refractivity contribution is 8.25. The smallest absolute Gasteiger partial charge is 0.159 e. The van der Waals surface area contributed by atoms with Crippen LogP contribution in [0.4, 0.5) is 4.39 Å². The van der Waals surface area contributed by atoms with E-state index in [0.29, 0.717) is 29.3 Å². The molecular weight excluding hydrogens is 495 g/mol. The van der Waals surface area contributed by atoms with E-state index in [9.17, 15) is 4.39 Å². The van der Waals surface area contributed by atoms with Crippen molar-refractivity contribution in [2.45, 2.75) is 13.5 Å². The molecule has 6 nitrogen and oxygen atoms in total. The second kappa shape index (κ2) is 10.2. The molecule has 0 saturated heterocycles. The third-order valence-corrected chi connectivity index (χ3v) is 6.91. The molecule has 5 aromatic rings. The van der Waals surface area contributed by atoms with Gasteiger partial charge in [0.05, 0.1) is 16.9 Å². The average molecular weight is 525 g/mol. The van der Waals surface area contributed by atoms with Crippen LogP contribution < -0.4 is 4.72 Å². The van der Waals surface area contributed by atoms with Crippen molar-refractivity contribution in [2.24, 2.45) is 0 Å². The van der Waals surface area contributed by atoms with Crippen molar-refractivity contribution in [3.05, 3.63) is 108 Å². The van der Waals surface area contributed by atoms with Gasteiger partial charge in [0, 0.05) is 35.0 Å². The molecule has 0 aliphatic rings. The molecule has 192 valence electrons. The fourth-order valence-electron chi connectivity index (χ4n) is 4.32. The maximum absolute atomic E-state index is 14.7. The van der Waals surface area contributed by atoms with Crippen molar-refractivity contribution in [3.63, 3.8) is 0 Å². The molecule has 38 heavy (non-hydrogen) atoms. The van der Waals surface area contributed by atoms with Gasteiger partial charge in [0.25, 0.3) is 0 Å². The lowest BCUT2D eigenvalue weighted by Crippen LogP contribution is -2.08. The number of fused-ring (bicyclic) bond motifs is 1. The molecule has 0 bridgehead atoms. The largest absolute Gasteiger partial charge is 0.340 e. The molecule has 3 aromatic heterocycles.